The Morgan fingerprint density at radius 2 is 1.92 bits per heavy atom. The Kier molecular flexibility index (Phi) is 3.14. The van der Waals surface area contributed by atoms with Crippen molar-refractivity contribution < 1.29 is 0 Å². The molecular formula is C11H22S. The number of thiol groups is 1. The van der Waals surface area contributed by atoms with E-state index in [1.807, 2.05) is 0 Å². The first-order valence-electron chi connectivity index (χ1n) is 5.17. The van der Waals surface area contributed by atoms with Crippen molar-refractivity contribution in [2.75, 3.05) is 0 Å². The highest BCUT2D eigenvalue weighted by Gasteiger charge is 2.48. The van der Waals surface area contributed by atoms with E-state index in [9.17, 15) is 0 Å². The average molecular weight is 186 g/mol. The average Bonchev–Trinajstić information content (AvgIpc) is 2.57. The molecule has 12 heavy (non-hydrogen) atoms. The summed E-state index contributed by atoms with van der Waals surface area (Å²) in [7, 11) is 0. The quantitative estimate of drug-likeness (QED) is 0.635. The third kappa shape index (κ3) is 2.18. The molecule has 0 aromatic carbocycles. The molecule has 0 N–H and O–H groups in total. The molecule has 1 heteroatoms. The zero-order valence-electron chi connectivity index (χ0n) is 8.80. The highest BCUT2D eigenvalue weighted by molar-refractivity contribution is 7.81. The van der Waals surface area contributed by atoms with Crippen LogP contribution in [0.1, 0.15) is 47.0 Å². The van der Waals surface area contributed by atoms with Gasteiger partial charge in [-0.25, -0.2) is 0 Å². The van der Waals surface area contributed by atoms with E-state index in [-0.39, 0.29) is 0 Å². The van der Waals surface area contributed by atoms with Gasteiger partial charge in [0, 0.05) is 5.25 Å². The van der Waals surface area contributed by atoms with Gasteiger partial charge in [0.05, 0.1) is 0 Å². The van der Waals surface area contributed by atoms with Gasteiger partial charge in [0.2, 0.25) is 0 Å². The molecule has 4 atom stereocenters. The lowest BCUT2D eigenvalue weighted by Gasteiger charge is -2.22. The molecule has 0 heterocycles. The molecule has 0 aromatic rings. The van der Waals surface area contributed by atoms with Crippen LogP contribution in [0.3, 0.4) is 0 Å². The SMILES string of the molecule is CCC(C)C(C)CC1(C)CC1S. The van der Waals surface area contributed by atoms with E-state index in [0.717, 1.165) is 11.8 Å². The summed E-state index contributed by atoms with van der Waals surface area (Å²) in [6.45, 7) is 9.42. The second-order valence-electron chi connectivity index (χ2n) is 4.94. The van der Waals surface area contributed by atoms with Crippen LogP contribution in [0.4, 0.5) is 0 Å². The van der Waals surface area contributed by atoms with Crippen molar-refractivity contribution in [1.29, 1.82) is 0 Å². The van der Waals surface area contributed by atoms with Gasteiger partial charge in [0.15, 0.2) is 0 Å². The van der Waals surface area contributed by atoms with Crippen LogP contribution in [-0.4, -0.2) is 5.25 Å². The van der Waals surface area contributed by atoms with Gasteiger partial charge < -0.3 is 0 Å². The van der Waals surface area contributed by atoms with Crippen LogP contribution in [0.5, 0.6) is 0 Å². The molecule has 0 nitrogen and oxygen atoms in total. The molecule has 0 saturated heterocycles. The fourth-order valence-electron chi connectivity index (χ4n) is 1.94. The lowest BCUT2D eigenvalue weighted by atomic mass is 9.85. The van der Waals surface area contributed by atoms with Gasteiger partial charge in [0.25, 0.3) is 0 Å². The Balaban J connectivity index is 2.31. The van der Waals surface area contributed by atoms with Crippen molar-refractivity contribution in [3.05, 3.63) is 0 Å². The van der Waals surface area contributed by atoms with Crippen molar-refractivity contribution in [3.8, 4) is 0 Å². The molecule has 1 aliphatic rings. The van der Waals surface area contributed by atoms with Crippen molar-refractivity contribution in [2.24, 2.45) is 17.3 Å². The molecule has 0 bridgehead atoms. The molecular weight excluding hydrogens is 164 g/mol. The van der Waals surface area contributed by atoms with E-state index < -0.39 is 0 Å². The molecule has 0 aromatic heterocycles. The lowest BCUT2D eigenvalue weighted by molar-refractivity contribution is 0.297. The molecule has 0 radical (unpaired) electrons. The van der Waals surface area contributed by atoms with Crippen LogP contribution in [0.2, 0.25) is 0 Å². The standard InChI is InChI=1S/C11H22S/c1-5-8(2)9(3)6-11(4)7-10(11)12/h8-10,12H,5-7H2,1-4H3. The Bertz CT molecular complexity index is 155. The van der Waals surface area contributed by atoms with Gasteiger partial charge in [-0.1, -0.05) is 34.1 Å². The lowest BCUT2D eigenvalue weighted by Crippen LogP contribution is -2.13. The van der Waals surface area contributed by atoms with Crippen molar-refractivity contribution in [1.82, 2.24) is 0 Å². The minimum atomic E-state index is 0.575. The maximum atomic E-state index is 4.53. The van der Waals surface area contributed by atoms with Crippen LogP contribution in [0.25, 0.3) is 0 Å². The first-order chi connectivity index (χ1) is 5.49. The Morgan fingerprint density at radius 1 is 1.42 bits per heavy atom. The highest BCUT2D eigenvalue weighted by Crippen LogP contribution is 2.54. The summed E-state index contributed by atoms with van der Waals surface area (Å²) >= 11 is 4.53. The smallest absolute Gasteiger partial charge is 0.00767 e. The minimum absolute atomic E-state index is 0.575. The predicted octanol–water partition coefficient (Wildman–Crippen LogP) is 3.77. The maximum Gasteiger partial charge on any atom is 0.00767 e. The van der Waals surface area contributed by atoms with E-state index in [1.54, 1.807) is 0 Å². The monoisotopic (exact) mass is 186 g/mol. The van der Waals surface area contributed by atoms with Crippen LogP contribution in [0, 0.1) is 17.3 Å². The summed E-state index contributed by atoms with van der Waals surface area (Å²) in [5.41, 5.74) is 0.575. The van der Waals surface area contributed by atoms with E-state index in [1.165, 1.54) is 19.3 Å². The molecule has 1 rings (SSSR count). The molecule has 4 unspecified atom stereocenters. The summed E-state index contributed by atoms with van der Waals surface area (Å²) in [6, 6.07) is 0. The zero-order chi connectivity index (χ0) is 9.35. The summed E-state index contributed by atoms with van der Waals surface area (Å²) in [6.07, 6.45) is 4.02. The number of hydrogen-bond donors (Lipinski definition) is 1. The third-order valence-corrected chi connectivity index (χ3v) is 4.51. The number of hydrogen-bond acceptors (Lipinski definition) is 1. The van der Waals surface area contributed by atoms with Crippen LogP contribution in [-0.2, 0) is 0 Å². The van der Waals surface area contributed by atoms with Crippen molar-refractivity contribution in [3.63, 3.8) is 0 Å². The largest absolute Gasteiger partial charge is 0.175 e. The Labute approximate surface area is 82.5 Å². The number of rotatable bonds is 4. The summed E-state index contributed by atoms with van der Waals surface area (Å²) in [4.78, 5) is 0. The predicted molar refractivity (Wildman–Crippen MR) is 58.7 cm³/mol. The van der Waals surface area contributed by atoms with Crippen LogP contribution < -0.4 is 0 Å². The fourth-order valence-corrected chi connectivity index (χ4v) is 2.46. The van der Waals surface area contributed by atoms with Crippen LogP contribution in [0.15, 0.2) is 0 Å². The fraction of sp³-hybridized carbons (Fsp3) is 1.00. The van der Waals surface area contributed by atoms with Crippen molar-refractivity contribution in [2.45, 2.75) is 52.2 Å². The Morgan fingerprint density at radius 3 is 2.25 bits per heavy atom. The van der Waals surface area contributed by atoms with Gasteiger partial charge in [-0.3, -0.25) is 0 Å². The summed E-state index contributed by atoms with van der Waals surface area (Å²) in [5.74, 6) is 1.75. The van der Waals surface area contributed by atoms with Gasteiger partial charge in [0.1, 0.15) is 0 Å². The van der Waals surface area contributed by atoms with Crippen LogP contribution >= 0.6 is 12.6 Å². The third-order valence-electron chi connectivity index (χ3n) is 3.71. The van der Waals surface area contributed by atoms with Gasteiger partial charge >= 0.3 is 0 Å². The first-order valence-corrected chi connectivity index (χ1v) is 5.69. The zero-order valence-corrected chi connectivity index (χ0v) is 9.70. The van der Waals surface area contributed by atoms with Gasteiger partial charge in [-0.2, -0.15) is 12.6 Å². The molecule has 1 saturated carbocycles. The van der Waals surface area contributed by atoms with Crippen molar-refractivity contribution >= 4 is 12.6 Å². The van der Waals surface area contributed by atoms with E-state index >= 15 is 0 Å². The highest BCUT2D eigenvalue weighted by atomic mass is 32.1. The second kappa shape index (κ2) is 3.61. The molecule has 72 valence electrons. The minimum Gasteiger partial charge on any atom is -0.175 e. The second-order valence-corrected chi connectivity index (χ2v) is 5.56. The summed E-state index contributed by atoms with van der Waals surface area (Å²) in [5, 5.41) is 0.684. The molecule has 0 aliphatic heterocycles. The first kappa shape index (κ1) is 10.4. The van der Waals surface area contributed by atoms with E-state index in [0.29, 0.717) is 10.7 Å². The Hall–Kier alpha value is 0.350. The van der Waals surface area contributed by atoms with E-state index in [4.69, 9.17) is 0 Å². The summed E-state index contributed by atoms with van der Waals surface area (Å²) < 4.78 is 0. The maximum absolute atomic E-state index is 4.53. The van der Waals surface area contributed by atoms with Gasteiger partial charge in [-0.15, -0.1) is 0 Å². The topological polar surface area (TPSA) is 0 Å². The molecule has 1 fully saturated rings. The molecule has 0 amide bonds. The van der Waals surface area contributed by atoms with Gasteiger partial charge in [-0.05, 0) is 30.1 Å². The molecule has 1 aliphatic carbocycles. The molecule has 0 spiro atoms. The van der Waals surface area contributed by atoms with E-state index in [2.05, 4.69) is 40.3 Å². The normalized spacial score (nSPS) is 39.2.